The van der Waals surface area contributed by atoms with Crippen LogP contribution in [0.4, 0.5) is 4.39 Å². The van der Waals surface area contributed by atoms with Crippen LogP contribution in [0.3, 0.4) is 0 Å². The molecule has 3 rings (SSSR count). The minimum absolute atomic E-state index is 0.00101. The van der Waals surface area contributed by atoms with Gasteiger partial charge in [0.05, 0.1) is 19.3 Å². The summed E-state index contributed by atoms with van der Waals surface area (Å²) in [5.74, 6) is 0. The normalized spacial score (nSPS) is 29.1. The van der Waals surface area contributed by atoms with Gasteiger partial charge in [0, 0.05) is 4.57 Å². The van der Waals surface area contributed by atoms with Gasteiger partial charge < -0.3 is 14.8 Å². The number of imidazole rings is 1. The second-order valence-electron chi connectivity index (χ2n) is 4.56. The van der Waals surface area contributed by atoms with E-state index in [1.165, 1.54) is 10.9 Å². The number of alkyl halides is 1. The van der Waals surface area contributed by atoms with Crippen LogP contribution in [0.1, 0.15) is 6.23 Å². The lowest BCUT2D eigenvalue weighted by atomic mass is 10.1. The lowest BCUT2D eigenvalue weighted by molar-refractivity contribution is -0.0458. The molecular formula is C10H11FN4O6P+. The number of nitrogens with zero attached hydrogens (tertiary/aromatic N) is 3. The van der Waals surface area contributed by atoms with E-state index in [4.69, 9.17) is 14.7 Å². The summed E-state index contributed by atoms with van der Waals surface area (Å²) in [5.41, 5.74) is -0.398. The quantitative estimate of drug-likeness (QED) is 0.629. The second-order valence-corrected chi connectivity index (χ2v) is 5.24. The number of fused-ring (bicyclic) bond motifs is 1. The highest BCUT2D eigenvalue weighted by atomic mass is 31.1. The van der Waals surface area contributed by atoms with Crippen LogP contribution in [-0.4, -0.2) is 54.5 Å². The Morgan fingerprint density at radius 2 is 2.32 bits per heavy atom. The number of halogens is 1. The molecule has 22 heavy (non-hydrogen) atoms. The van der Waals surface area contributed by atoms with Gasteiger partial charge in [-0.25, -0.2) is 14.4 Å². The maximum absolute atomic E-state index is 14.2. The van der Waals surface area contributed by atoms with Crippen LogP contribution in [0, 0.1) is 0 Å². The topological polar surface area (TPSA) is 140 Å². The monoisotopic (exact) mass is 333 g/mol. The van der Waals surface area contributed by atoms with E-state index in [9.17, 15) is 13.8 Å². The SMILES string of the molecule is O=c1[nH]cnc2c1ncn2[C@@H]1O[C@H](CO)[C@@H](F)[C@H]1O[P+](=O)O. The molecule has 0 spiro atoms. The van der Waals surface area contributed by atoms with E-state index in [1.54, 1.807) is 0 Å². The van der Waals surface area contributed by atoms with Crippen molar-refractivity contribution >= 4 is 19.4 Å². The van der Waals surface area contributed by atoms with Crippen molar-refractivity contribution in [1.82, 2.24) is 19.5 Å². The Morgan fingerprint density at radius 1 is 1.55 bits per heavy atom. The van der Waals surface area contributed by atoms with Crippen molar-refractivity contribution < 1.29 is 28.2 Å². The molecule has 2 aromatic heterocycles. The summed E-state index contributed by atoms with van der Waals surface area (Å²) in [5, 5.41) is 9.11. The molecule has 12 heteroatoms. The fraction of sp³-hybridized carbons (Fsp3) is 0.500. The standard InChI is InChI=1S/C10H10FN4O6P/c11-5-4(1-16)20-10(7(5)21-22(18)19)15-3-14-6-8(15)12-2-13-9(6)17/h2-5,7,10,16H,1H2,(H-,12,13,17,18,19)/p+1/t4-,5-,7-,10-/m1/s1. The molecule has 1 aliphatic rings. The molecule has 0 radical (unpaired) electrons. The van der Waals surface area contributed by atoms with Crippen LogP contribution in [0.5, 0.6) is 0 Å². The zero-order valence-corrected chi connectivity index (χ0v) is 11.8. The van der Waals surface area contributed by atoms with E-state index in [2.05, 4.69) is 19.5 Å². The minimum Gasteiger partial charge on any atom is -0.394 e. The molecule has 0 amide bonds. The van der Waals surface area contributed by atoms with Crippen molar-refractivity contribution in [3.8, 4) is 0 Å². The third kappa shape index (κ3) is 2.42. The number of hydrogen-bond acceptors (Lipinski definition) is 7. The molecule has 1 aliphatic heterocycles. The first-order chi connectivity index (χ1) is 10.5. The first-order valence-electron chi connectivity index (χ1n) is 6.16. The number of aliphatic hydroxyl groups excluding tert-OH is 1. The Morgan fingerprint density at radius 3 is 3.00 bits per heavy atom. The third-order valence-electron chi connectivity index (χ3n) is 3.30. The Labute approximate surface area is 122 Å². The Balaban J connectivity index is 2.05. The van der Waals surface area contributed by atoms with Crippen molar-refractivity contribution in [3.63, 3.8) is 0 Å². The number of nitrogens with one attached hydrogen (secondary N) is 1. The molecule has 3 heterocycles. The van der Waals surface area contributed by atoms with Gasteiger partial charge in [0.1, 0.15) is 6.10 Å². The molecule has 0 saturated carbocycles. The smallest absolute Gasteiger partial charge is 0.394 e. The van der Waals surface area contributed by atoms with Crippen molar-refractivity contribution in [2.75, 3.05) is 6.61 Å². The summed E-state index contributed by atoms with van der Waals surface area (Å²) in [7, 11) is -3.09. The van der Waals surface area contributed by atoms with Crippen LogP contribution in [0.2, 0.25) is 0 Å². The summed E-state index contributed by atoms with van der Waals surface area (Å²) < 4.78 is 36.2. The molecule has 0 aromatic carbocycles. The number of H-pyrrole nitrogens is 1. The van der Waals surface area contributed by atoms with Gasteiger partial charge >= 0.3 is 8.25 Å². The average Bonchev–Trinajstić information content (AvgIpc) is 3.02. The Bertz CT molecular complexity index is 765. The largest absolute Gasteiger partial charge is 0.695 e. The number of ether oxygens (including phenoxy) is 1. The molecule has 2 aromatic rings. The van der Waals surface area contributed by atoms with Crippen LogP contribution < -0.4 is 5.56 Å². The first kappa shape index (κ1) is 15.1. The summed E-state index contributed by atoms with van der Waals surface area (Å²) in [6.45, 7) is -0.639. The number of rotatable bonds is 4. The van der Waals surface area contributed by atoms with Crippen LogP contribution in [-0.2, 0) is 13.8 Å². The predicted octanol–water partition coefficient (Wildman–Crippen LogP) is -0.618. The highest BCUT2D eigenvalue weighted by molar-refractivity contribution is 7.32. The maximum atomic E-state index is 14.2. The summed E-state index contributed by atoms with van der Waals surface area (Å²) in [4.78, 5) is 30.6. The summed E-state index contributed by atoms with van der Waals surface area (Å²) in [6, 6.07) is 0. The van der Waals surface area contributed by atoms with Gasteiger partial charge in [-0.1, -0.05) is 0 Å². The van der Waals surface area contributed by atoms with Crippen LogP contribution >= 0.6 is 8.25 Å². The fourth-order valence-electron chi connectivity index (χ4n) is 2.33. The van der Waals surface area contributed by atoms with E-state index in [-0.39, 0.29) is 11.2 Å². The highest BCUT2D eigenvalue weighted by Crippen LogP contribution is 2.38. The molecule has 10 nitrogen and oxygen atoms in total. The summed E-state index contributed by atoms with van der Waals surface area (Å²) >= 11 is 0. The van der Waals surface area contributed by atoms with Gasteiger partial charge in [-0.3, -0.25) is 9.36 Å². The average molecular weight is 333 g/mol. The molecule has 1 fully saturated rings. The molecule has 118 valence electrons. The van der Waals surface area contributed by atoms with Crippen molar-refractivity contribution in [2.24, 2.45) is 0 Å². The zero-order chi connectivity index (χ0) is 15.9. The van der Waals surface area contributed by atoms with E-state index in [0.29, 0.717) is 0 Å². The number of aromatic amines is 1. The van der Waals surface area contributed by atoms with Gasteiger partial charge in [0.2, 0.25) is 0 Å². The van der Waals surface area contributed by atoms with E-state index in [1.807, 2.05) is 0 Å². The molecule has 1 unspecified atom stereocenters. The first-order valence-corrected chi connectivity index (χ1v) is 7.29. The van der Waals surface area contributed by atoms with Gasteiger partial charge in [0.15, 0.2) is 29.7 Å². The maximum Gasteiger partial charge on any atom is 0.695 e. The lowest BCUT2D eigenvalue weighted by Gasteiger charge is -2.15. The molecule has 0 bridgehead atoms. The Hall–Kier alpha value is -1.78. The Kier molecular flexibility index (Phi) is 3.98. The van der Waals surface area contributed by atoms with Gasteiger partial charge in [-0.2, -0.15) is 0 Å². The van der Waals surface area contributed by atoms with E-state index < -0.39 is 45.0 Å². The van der Waals surface area contributed by atoms with Crippen molar-refractivity contribution in [2.45, 2.75) is 24.6 Å². The summed E-state index contributed by atoms with van der Waals surface area (Å²) in [6.07, 6.45) is -3.40. The van der Waals surface area contributed by atoms with E-state index in [0.717, 1.165) is 6.33 Å². The van der Waals surface area contributed by atoms with Crippen molar-refractivity contribution in [3.05, 3.63) is 23.0 Å². The molecule has 3 N–H and O–H groups in total. The number of aliphatic hydroxyl groups is 1. The predicted molar refractivity (Wildman–Crippen MR) is 68.7 cm³/mol. The third-order valence-corrected chi connectivity index (χ3v) is 3.72. The molecule has 1 saturated heterocycles. The number of aromatic nitrogens is 4. The fourth-order valence-corrected chi connectivity index (χ4v) is 2.76. The zero-order valence-electron chi connectivity index (χ0n) is 10.9. The molecule has 5 atom stereocenters. The van der Waals surface area contributed by atoms with Crippen LogP contribution in [0.25, 0.3) is 11.2 Å². The van der Waals surface area contributed by atoms with Gasteiger partial charge in [-0.15, -0.1) is 9.42 Å². The van der Waals surface area contributed by atoms with Crippen LogP contribution in [0.15, 0.2) is 17.4 Å². The minimum atomic E-state index is -3.09. The highest BCUT2D eigenvalue weighted by Gasteiger charge is 2.51. The lowest BCUT2D eigenvalue weighted by Crippen LogP contribution is -2.30. The van der Waals surface area contributed by atoms with Gasteiger partial charge in [-0.05, 0) is 0 Å². The van der Waals surface area contributed by atoms with Gasteiger partial charge in [0.25, 0.3) is 5.56 Å². The van der Waals surface area contributed by atoms with Crippen molar-refractivity contribution in [1.29, 1.82) is 0 Å². The van der Waals surface area contributed by atoms with E-state index >= 15 is 0 Å². The molecular weight excluding hydrogens is 322 g/mol. The second kappa shape index (κ2) is 5.78. The number of hydrogen-bond donors (Lipinski definition) is 3. The molecule has 0 aliphatic carbocycles.